The van der Waals surface area contributed by atoms with Gasteiger partial charge in [-0.1, -0.05) is 11.3 Å². The van der Waals surface area contributed by atoms with Gasteiger partial charge < -0.3 is 11.5 Å². The highest BCUT2D eigenvalue weighted by Crippen LogP contribution is 2.23. The van der Waals surface area contributed by atoms with Gasteiger partial charge in [0.05, 0.1) is 5.69 Å². The molecule has 2 aromatic rings. The Morgan fingerprint density at radius 3 is 2.68 bits per heavy atom. The normalized spacial score (nSPS) is 12.7. The molecule has 0 aliphatic carbocycles. The molecule has 98 valence electrons. The maximum atomic E-state index is 5.82. The zero-order chi connectivity index (χ0) is 13.8. The number of thiazole rings is 1. The molecule has 0 bridgehead atoms. The van der Waals surface area contributed by atoms with E-state index in [9.17, 15) is 0 Å². The van der Waals surface area contributed by atoms with E-state index in [1.54, 1.807) is 24.5 Å². The highest BCUT2D eigenvalue weighted by atomic mass is 32.1. The van der Waals surface area contributed by atoms with Crippen LogP contribution in [-0.4, -0.2) is 21.8 Å². The Morgan fingerprint density at radius 1 is 1.32 bits per heavy atom. The second-order valence-electron chi connectivity index (χ2n) is 3.85. The number of aryl methyl sites for hydroxylation is 2. The minimum Gasteiger partial charge on any atom is -0.383 e. The van der Waals surface area contributed by atoms with Crippen molar-refractivity contribution in [2.45, 2.75) is 13.8 Å². The van der Waals surface area contributed by atoms with Crippen molar-refractivity contribution in [3.63, 3.8) is 0 Å². The standard InChI is InChI=1S/C12H14N6S/c1-7-8(2)19-12(16-7)18-11(14)17-10(13)9-4-3-5-15-6-9/h3-6H,1-2H3,(H4,13,14,16,17,18). The Hall–Kier alpha value is -2.28. The summed E-state index contributed by atoms with van der Waals surface area (Å²) in [5.74, 6) is 0.356. The third-order valence-corrected chi connectivity index (χ3v) is 3.39. The molecule has 0 fully saturated rings. The van der Waals surface area contributed by atoms with Gasteiger partial charge >= 0.3 is 0 Å². The molecule has 19 heavy (non-hydrogen) atoms. The van der Waals surface area contributed by atoms with Crippen LogP contribution in [0, 0.1) is 13.8 Å². The summed E-state index contributed by atoms with van der Waals surface area (Å²) in [6, 6.07) is 3.58. The van der Waals surface area contributed by atoms with Gasteiger partial charge in [0.15, 0.2) is 0 Å². The number of nitrogens with zero attached hydrogens (tertiary/aromatic N) is 4. The van der Waals surface area contributed by atoms with Crippen LogP contribution in [0.15, 0.2) is 34.5 Å². The van der Waals surface area contributed by atoms with Gasteiger partial charge in [0, 0.05) is 22.8 Å². The lowest BCUT2D eigenvalue weighted by Crippen LogP contribution is -2.19. The fourth-order valence-corrected chi connectivity index (χ4v) is 2.12. The van der Waals surface area contributed by atoms with Crippen molar-refractivity contribution in [2.24, 2.45) is 21.5 Å². The molecule has 0 aliphatic heterocycles. The fourth-order valence-electron chi connectivity index (χ4n) is 1.33. The molecule has 0 amide bonds. The monoisotopic (exact) mass is 274 g/mol. The number of amidine groups is 1. The van der Waals surface area contributed by atoms with Gasteiger partial charge in [0.2, 0.25) is 11.1 Å². The molecule has 6 nitrogen and oxygen atoms in total. The second kappa shape index (κ2) is 5.57. The van der Waals surface area contributed by atoms with Gasteiger partial charge in [0.25, 0.3) is 0 Å². The van der Waals surface area contributed by atoms with E-state index in [4.69, 9.17) is 11.5 Å². The first-order chi connectivity index (χ1) is 9.06. The Kier molecular flexibility index (Phi) is 3.86. The first-order valence-electron chi connectivity index (χ1n) is 5.59. The van der Waals surface area contributed by atoms with Crippen molar-refractivity contribution in [3.8, 4) is 0 Å². The van der Waals surface area contributed by atoms with Crippen molar-refractivity contribution < 1.29 is 0 Å². The van der Waals surface area contributed by atoms with Gasteiger partial charge in [-0.2, -0.15) is 9.98 Å². The van der Waals surface area contributed by atoms with Crippen LogP contribution in [0.3, 0.4) is 0 Å². The summed E-state index contributed by atoms with van der Waals surface area (Å²) >= 11 is 1.46. The van der Waals surface area contributed by atoms with Crippen LogP contribution in [0.4, 0.5) is 5.13 Å². The van der Waals surface area contributed by atoms with Crippen LogP contribution in [-0.2, 0) is 0 Å². The predicted octanol–water partition coefficient (Wildman–Crippen LogP) is 1.51. The van der Waals surface area contributed by atoms with E-state index in [2.05, 4.69) is 20.0 Å². The maximum Gasteiger partial charge on any atom is 0.224 e. The first-order valence-corrected chi connectivity index (χ1v) is 6.40. The molecule has 2 rings (SSSR count). The number of hydrogen-bond donors (Lipinski definition) is 2. The number of hydrogen-bond acceptors (Lipinski definition) is 4. The number of guanidine groups is 1. The summed E-state index contributed by atoms with van der Waals surface area (Å²) in [6.45, 7) is 3.91. The van der Waals surface area contributed by atoms with Crippen molar-refractivity contribution in [3.05, 3.63) is 40.7 Å². The molecule has 0 radical (unpaired) electrons. The zero-order valence-electron chi connectivity index (χ0n) is 10.7. The van der Waals surface area contributed by atoms with Crippen molar-refractivity contribution in [2.75, 3.05) is 0 Å². The molecule has 0 saturated heterocycles. The summed E-state index contributed by atoms with van der Waals surface area (Å²) in [4.78, 5) is 17.5. The average molecular weight is 274 g/mol. The molecule has 0 atom stereocenters. The van der Waals surface area contributed by atoms with Crippen molar-refractivity contribution in [1.29, 1.82) is 0 Å². The molecule has 0 saturated carbocycles. The van der Waals surface area contributed by atoms with E-state index in [1.807, 2.05) is 13.8 Å². The molecule has 7 heteroatoms. The molecule has 4 N–H and O–H groups in total. The summed E-state index contributed by atoms with van der Waals surface area (Å²) < 4.78 is 0. The van der Waals surface area contributed by atoms with Crippen molar-refractivity contribution in [1.82, 2.24) is 9.97 Å². The summed E-state index contributed by atoms with van der Waals surface area (Å²) in [7, 11) is 0. The van der Waals surface area contributed by atoms with Crippen molar-refractivity contribution >= 4 is 28.3 Å². The van der Waals surface area contributed by atoms with E-state index in [1.165, 1.54) is 11.3 Å². The minimum absolute atomic E-state index is 0.0788. The Bertz CT molecular complexity index is 609. The van der Waals surface area contributed by atoms with Gasteiger partial charge in [0.1, 0.15) is 5.84 Å². The highest BCUT2D eigenvalue weighted by Gasteiger charge is 2.03. The van der Waals surface area contributed by atoms with Gasteiger partial charge in [-0.15, -0.1) is 0 Å². The first kappa shape index (κ1) is 13.2. The van der Waals surface area contributed by atoms with E-state index in [0.29, 0.717) is 10.7 Å². The third-order valence-electron chi connectivity index (χ3n) is 2.42. The summed E-state index contributed by atoms with van der Waals surface area (Å²) in [5.41, 5.74) is 13.2. The van der Waals surface area contributed by atoms with Crippen LogP contribution < -0.4 is 11.5 Å². The number of nitrogens with two attached hydrogens (primary N) is 2. The molecule has 0 spiro atoms. The largest absolute Gasteiger partial charge is 0.383 e. The number of aliphatic imine (C=N–C) groups is 2. The lowest BCUT2D eigenvalue weighted by Gasteiger charge is -1.98. The predicted molar refractivity (Wildman–Crippen MR) is 77.8 cm³/mol. The minimum atomic E-state index is 0.0788. The lowest BCUT2D eigenvalue weighted by atomic mass is 10.3. The Labute approximate surface area is 114 Å². The molecule has 0 unspecified atom stereocenters. The number of rotatable bonds is 2. The van der Waals surface area contributed by atoms with Crippen LogP contribution in [0.25, 0.3) is 0 Å². The van der Waals surface area contributed by atoms with Gasteiger partial charge in [-0.25, -0.2) is 4.98 Å². The van der Waals surface area contributed by atoms with Crippen LogP contribution in [0.1, 0.15) is 16.1 Å². The summed E-state index contributed by atoms with van der Waals surface area (Å²) in [6.07, 6.45) is 3.28. The van der Waals surface area contributed by atoms with Crippen LogP contribution in [0.2, 0.25) is 0 Å². The molecule has 2 aromatic heterocycles. The fraction of sp³-hybridized carbons (Fsp3) is 0.167. The van der Waals surface area contributed by atoms with E-state index >= 15 is 0 Å². The highest BCUT2D eigenvalue weighted by molar-refractivity contribution is 7.15. The molecule has 0 aromatic carbocycles. The smallest absolute Gasteiger partial charge is 0.224 e. The van der Waals surface area contributed by atoms with Crippen LogP contribution in [0.5, 0.6) is 0 Å². The van der Waals surface area contributed by atoms with E-state index in [-0.39, 0.29) is 11.8 Å². The van der Waals surface area contributed by atoms with Crippen LogP contribution >= 0.6 is 11.3 Å². The Morgan fingerprint density at radius 2 is 2.11 bits per heavy atom. The quantitative estimate of drug-likeness (QED) is 0.640. The molecule has 2 heterocycles. The van der Waals surface area contributed by atoms with Gasteiger partial charge in [-0.05, 0) is 26.0 Å². The molecular formula is C12H14N6S. The van der Waals surface area contributed by atoms with Gasteiger partial charge in [-0.3, -0.25) is 4.98 Å². The second-order valence-corrected chi connectivity index (χ2v) is 5.03. The van der Waals surface area contributed by atoms with E-state index < -0.39 is 0 Å². The Balaban J connectivity index is 2.22. The lowest BCUT2D eigenvalue weighted by molar-refractivity contribution is 1.21. The number of aromatic nitrogens is 2. The molecular weight excluding hydrogens is 260 g/mol. The summed E-state index contributed by atoms with van der Waals surface area (Å²) in [5, 5.41) is 0.579. The number of pyridine rings is 1. The third kappa shape index (κ3) is 3.35. The topological polar surface area (TPSA) is 103 Å². The average Bonchev–Trinajstić information content (AvgIpc) is 2.69. The molecule has 0 aliphatic rings. The van der Waals surface area contributed by atoms with E-state index in [0.717, 1.165) is 10.6 Å². The zero-order valence-corrected chi connectivity index (χ0v) is 11.5. The SMILES string of the molecule is Cc1nc(/N=C(N)/N=C(\N)c2cccnc2)sc1C. The maximum absolute atomic E-state index is 5.82.